The maximum Gasteiger partial charge on any atom is 0.242 e. The second kappa shape index (κ2) is 5.50. The summed E-state index contributed by atoms with van der Waals surface area (Å²) in [6, 6.07) is 0.953. The number of nitrogens with zero attached hydrogens (tertiary/aromatic N) is 1. The first kappa shape index (κ1) is 13.7. The van der Waals surface area contributed by atoms with Crippen LogP contribution in [0.25, 0.3) is 0 Å². The Kier molecular flexibility index (Phi) is 4.19. The molecule has 1 saturated carbocycles. The Morgan fingerprint density at radius 1 is 1.44 bits per heavy atom. The number of aromatic nitrogens is 1. The Labute approximate surface area is 111 Å². The fourth-order valence-corrected chi connectivity index (χ4v) is 3.52. The van der Waals surface area contributed by atoms with Gasteiger partial charge in [-0.05, 0) is 31.2 Å². The lowest BCUT2D eigenvalue weighted by molar-refractivity contribution is 0.519. The number of halogens is 2. The highest BCUT2D eigenvalue weighted by atomic mass is 35.5. The summed E-state index contributed by atoms with van der Waals surface area (Å²) in [7, 11) is -3.68. The topological polar surface area (TPSA) is 59.1 Å². The van der Waals surface area contributed by atoms with Crippen LogP contribution in [0.5, 0.6) is 0 Å². The van der Waals surface area contributed by atoms with Crippen LogP contribution < -0.4 is 4.72 Å². The molecule has 0 spiro atoms. The molecule has 1 fully saturated rings. The Hall–Kier alpha value is -0.720. The molecular formula is C11H14ClFN2O2S. The van der Waals surface area contributed by atoms with Crippen molar-refractivity contribution in [3.63, 3.8) is 0 Å². The van der Waals surface area contributed by atoms with Crippen LogP contribution in [-0.2, 0) is 10.0 Å². The van der Waals surface area contributed by atoms with Gasteiger partial charge in [0.2, 0.25) is 10.0 Å². The van der Waals surface area contributed by atoms with Crippen molar-refractivity contribution in [1.82, 2.24) is 9.71 Å². The second-order valence-electron chi connectivity index (χ2n) is 4.47. The quantitative estimate of drug-likeness (QED) is 0.863. The molecule has 7 heteroatoms. The average Bonchev–Trinajstić information content (AvgIpc) is 2.73. The standard InChI is InChI=1S/C11H14ClFN2O2S/c12-9-2-1-8(3-9)5-15-18(16,17)11-4-10(13)6-14-7-11/h4,6-9,15H,1-3,5H2. The molecule has 1 aromatic heterocycles. The number of rotatable bonds is 4. The molecule has 100 valence electrons. The zero-order valence-corrected chi connectivity index (χ0v) is 11.2. The van der Waals surface area contributed by atoms with Gasteiger partial charge in [0, 0.05) is 18.1 Å². The van der Waals surface area contributed by atoms with Crippen LogP contribution in [0.4, 0.5) is 4.39 Å². The molecular weight excluding hydrogens is 279 g/mol. The van der Waals surface area contributed by atoms with Crippen LogP contribution in [0, 0.1) is 11.7 Å². The van der Waals surface area contributed by atoms with Crippen LogP contribution in [-0.4, -0.2) is 25.3 Å². The van der Waals surface area contributed by atoms with E-state index in [4.69, 9.17) is 11.6 Å². The summed E-state index contributed by atoms with van der Waals surface area (Å²) in [4.78, 5) is 3.38. The Balaban J connectivity index is 1.99. The minimum atomic E-state index is -3.68. The van der Waals surface area contributed by atoms with Crippen molar-refractivity contribution < 1.29 is 12.8 Å². The van der Waals surface area contributed by atoms with Gasteiger partial charge in [-0.2, -0.15) is 0 Å². The molecule has 2 atom stereocenters. The van der Waals surface area contributed by atoms with Gasteiger partial charge in [0.15, 0.2) is 0 Å². The molecule has 1 aliphatic carbocycles. The van der Waals surface area contributed by atoms with Crippen LogP contribution in [0.15, 0.2) is 23.4 Å². The monoisotopic (exact) mass is 292 g/mol. The number of nitrogens with one attached hydrogen (secondary N) is 1. The van der Waals surface area contributed by atoms with Crippen LogP contribution in [0.3, 0.4) is 0 Å². The Morgan fingerprint density at radius 2 is 2.22 bits per heavy atom. The molecule has 0 saturated heterocycles. The van der Waals surface area contributed by atoms with E-state index in [1.54, 1.807) is 0 Å². The highest BCUT2D eigenvalue weighted by Crippen LogP contribution is 2.29. The third-order valence-electron chi connectivity index (χ3n) is 3.03. The van der Waals surface area contributed by atoms with Crippen molar-refractivity contribution in [2.45, 2.75) is 29.5 Å². The maximum absolute atomic E-state index is 12.9. The summed E-state index contributed by atoms with van der Waals surface area (Å²) in [6.07, 6.45) is 4.73. The van der Waals surface area contributed by atoms with Gasteiger partial charge in [-0.15, -0.1) is 11.6 Å². The van der Waals surface area contributed by atoms with Crippen LogP contribution in [0.2, 0.25) is 0 Å². The minimum Gasteiger partial charge on any atom is -0.260 e. The lowest BCUT2D eigenvalue weighted by Gasteiger charge is -2.11. The van der Waals surface area contributed by atoms with Gasteiger partial charge in [-0.3, -0.25) is 4.98 Å². The van der Waals surface area contributed by atoms with Crippen molar-refractivity contribution in [2.24, 2.45) is 5.92 Å². The van der Waals surface area contributed by atoms with Crippen molar-refractivity contribution in [3.05, 3.63) is 24.3 Å². The Bertz CT molecular complexity index is 524. The molecule has 0 amide bonds. The lowest BCUT2D eigenvalue weighted by atomic mass is 10.1. The molecule has 0 radical (unpaired) electrons. The molecule has 2 unspecified atom stereocenters. The van der Waals surface area contributed by atoms with E-state index in [9.17, 15) is 12.8 Å². The third kappa shape index (κ3) is 3.40. The smallest absolute Gasteiger partial charge is 0.242 e. The second-order valence-corrected chi connectivity index (χ2v) is 6.85. The number of pyridine rings is 1. The van der Waals surface area contributed by atoms with E-state index in [1.807, 2.05) is 0 Å². The Morgan fingerprint density at radius 3 is 2.83 bits per heavy atom. The first-order chi connectivity index (χ1) is 8.47. The minimum absolute atomic E-state index is 0.135. The van der Waals surface area contributed by atoms with Crippen molar-refractivity contribution in [3.8, 4) is 0 Å². The molecule has 0 aromatic carbocycles. The van der Waals surface area contributed by atoms with Crippen molar-refractivity contribution in [2.75, 3.05) is 6.54 Å². The number of alkyl halides is 1. The zero-order valence-electron chi connectivity index (χ0n) is 9.64. The molecule has 0 aliphatic heterocycles. The van der Waals surface area contributed by atoms with Gasteiger partial charge in [-0.1, -0.05) is 0 Å². The summed E-state index contributed by atoms with van der Waals surface area (Å²) >= 11 is 5.96. The van der Waals surface area contributed by atoms with Gasteiger partial charge >= 0.3 is 0 Å². The predicted molar refractivity (Wildman–Crippen MR) is 66.4 cm³/mol. The van der Waals surface area contributed by atoms with E-state index in [0.29, 0.717) is 6.54 Å². The van der Waals surface area contributed by atoms with Gasteiger partial charge < -0.3 is 0 Å². The van der Waals surface area contributed by atoms with Gasteiger partial charge in [0.05, 0.1) is 6.20 Å². The van der Waals surface area contributed by atoms with Crippen LogP contribution >= 0.6 is 11.6 Å². The maximum atomic E-state index is 12.9. The highest BCUT2D eigenvalue weighted by molar-refractivity contribution is 7.89. The van der Waals surface area contributed by atoms with E-state index in [2.05, 4.69) is 9.71 Å². The van der Waals surface area contributed by atoms with Gasteiger partial charge in [0.25, 0.3) is 0 Å². The van der Waals surface area contributed by atoms with Crippen molar-refractivity contribution >= 4 is 21.6 Å². The summed E-state index contributed by atoms with van der Waals surface area (Å²) in [5, 5.41) is 0.135. The summed E-state index contributed by atoms with van der Waals surface area (Å²) in [6.45, 7) is 0.335. The van der Waals surface area contributed by atoms with E-state index in [0.717, 1.165) is 37.7 Å². The molecule has 1 aromatic rings. The molecule has 1 N–H and O–H groups in total. The first-order valence-electron chi connectivity index (χ1n) is 5.71. The SMILES string of the molecule is O=S(=O)(NCC1CCC(Cl)C1)c1cncc(F)c1. The van der Waals surface area contributed by atoms with Crippen LogP contribution in [0.1, 0.15) is 19.3 Å². The van der Waals surface area contributed by atoms with E-state index in [1.165, 1.54) is 0 Å². The number of hydrogen-bond donors (Lipinski definition) is 1. The highest BCUT2D eigenvalue weighted by Gasteiger charge is 2.25. The molecule has 0 bridgehead atoms. The fraction of sp³-hybridized carbons (Fsp3) is 0.545. The fourth-order valence-electron chi connectivity index (χ4n) is 2.05. The average molecular weight is 293 g/mol. The predicted octanol–water partition coefficient (Wildman–Crippen LogP) is 1.91. The van der Waals surface area contributed by atoms with E-state index < -0.39 is 15.8 Å². The first-order valence-corrected chi connectivity index (χ1v) is 7.63. The van der Waals surface area contributed by atoms with Gasteiger partial charge in [-0.25, -0.2) is 17.5 Å². The molecule has 4 nitrogen and oxygen atoms in total. The summed E-state index contributed by atoms with van der Waals surface area (Å²) in [5.74, 6) is -0.414. The number of sulfonamides is 1. The molecule has 1 heterocycles. The number of hydrogen-bond acceptors (Lipinski definition) is 3. The van der Waals surface area contributed by atoms with Crippen molar-refractivity contribution in [1.29, 1.82) is 0 Å². The third-order valence-corrected chi connectivity index (χ3v) is 4.82. The molecule has 1 aliphatic rings. The molecule has 2 rings (SSSR count). The normalized spacial score (nSPS) is 24.3. The van der Waals surface area contributed by atoms with E-state index in [-0.39, 0.29) is 16.2 Å². The van der Waals surface area contributed by atoms with E-state index >= 15 is 0 Å². The largest absolute Gasteiger partial charge is 0.260 e. The lowest BCUT2D eigenvalue weighted by Crippen LogP contribution is -2.28. The zero-order chi connectivity index (χ0) is 13.2. The molecule has 18 heavy (non-hydrogen) atoms. The van der Waals surface area contributed by atoms with Gasteiger partial charge in [0.1, 0.15) is 10.7 Å². The summed E-state index contributed by atoms with van der Waals surface area (Å²) < 4.78 is 39.1. The summed E-state index contributed by atoms with van der Waals surface area (Å²) in [5.41, 5.74) is 0.